The molecule has 3 aliphatic heterocycles. The molecule has 288 valence electrons. The third-order valence-electron chi connectivity index (χ3n) is 11.9. The van der Waals surface area contributed by atoms with Crippen molar-refractivity contribution in [2.24, 2.45) is 0 Å². The summed E-state index contributed by atoms with van der Waals surface area (Å²) in [7, 11) is 0. The highest BCUT2D eigenvalue weighted by Crippen LogP contribution is 2.34. The van der Waals surface area contributed by atoms with Crippen LogP contribution in [0.3, 0.4) is 0 Å². The Labute approximate surface area is 318 Å². The molecule has 1 aliphatic carbocycles. The Bertz CT molecular complexity index is 2200. The number of piperazine rings is 1. The number of anilines is 5. The quantitative estimate of drug-likeness (QED) is 0.228. The largest absolute Gasteiger partial charge is 0.370 e. The van der Waals surface area contributed by atoms with Gasteiger partial charge in [0.1, 0.15) is 11.5 Å². The van der Waals surface area contributed by atoms with Crippen molar-refractivity contribution < 1.29 is 18.8 Å². The lowest BCUT2D eigenvalue weighted by molar-refractivity contribution is -0.120. The topological polar surface area (TPSA) is 149 Å². The number of fused-ring (bicyclic) bond motifs is 1. The number of amides is 3. The number of aryl methyl sites for hydroxylation is 1. The van der Waals surface area contributed by atoms with E-state index in [1.165, 1.54) is 11.8 Å². The summed E-state index contributed by atoms with van der Waals surface area (Å²) in [6.07, 6.45) is 9.61. The number of ketones is 1. The zero-order valence-electron chi connectivity index (χ0n) is 31.6. The van der Waals surface area contributed by atoms with Gasteiger partial charge in [-0.05, 0) is 76.3 Å². The van der Waals surface area contributed by atoms with Crippen molar-refractivity contribution in [2.75, 3.05) is 65.8 Å². The van der Waals surface area contributed by atoms with E-state index >= 15 is 4.39 Å². The van der Waals surface area contributed by atoms with E-state index in [4.69, 9.17) is 4.98 Å². The molecule has 8 rings (SSSR count). The third-order valence-corrected chi connectivity index (χ3v) is 11.9. The molecule has 2 N–H and O–H groups in total. The molecule has 3 amide bonds. The van der Waals surface area contributed by atoms with Crippen molar-refractivity contribution in [1.29, 1.82) is 0 Å². The number of aromatic nitrogens is 4. The van der Waals surface area contributed by atoms with Crippen LogP contribution in [-0.2, 0) is 4.79 Å². The number of nitrogens with zero attached hydrogens (tertiary/aromatic N) is 8. The number of Topliss-reactive ketones (excluding diaryl/α,β-unsaturated/α-hetero) is 1. The number of hydrogen-bond donors (Lipinski definition) is 2. The second-order valence-electron chi connectivity index (χ2n) is 15.2. The molecule has 55 heavy (non-hydrogen) atoms. The number of urea groups is 1. The van der Waals surface area contributed by atoms with E-state index in [2.05, 4.69) is 41.4 Å². The van der Waals surface area contributed by atoms with E-state index in [-0.39, 0.29) is 47.5 Å². The number of nitrogens with one attached hydrogen (secondary N) is 2. The fraction of sp³-hybridized carbons (Fsp3) is 0.475. The Hall–Kier alpha value is -5.44. The summed E-state index contributed by atoms with van der Waals surface area (Å²) in [6.45, 7) is 10.3. The minimum absolute atomic E-state index is 0.00882. The van der Waals surface area contributed by atoms with Crippen LogP contribution in [0, 0.1) is 19.7 Å². The van der Waals surface area contributed by atoms with Crippen LogP contribution in [0.2, 0.25) is 0 Å². The molecule has 0 radical (unpaired) electrons. The summed E-state index contributed by atoms with van der Waals surface area (Å²) < 4.78 is 17.2. The molecular weight excluding hydrogens is 704 g/mol. The normalized spacial score (nSPS) is 19.0. The van der Waals surface area contributed by atoms with Gasteiger partial charge in [0, 0.05) is 87.2 Å². The van der Waals surface area contributed by atoms with Crippen molar-refractivity contribution in [3.8, 4) is 0 Å². The first-order valence-electron chi connectivity index (χ1n) is 19.4. The van der Waals surface area contributed by atoms with Crippen LogP contribution in [0.15, 0.2) is 41.5 Å². The molecule has 1 saturated carbocycles. The number of benzene rings is 1. The van der Waals surface area contributed by atoms with Gasteiger partial charge < -0.3 is 15.1 Å². The summed E-state index contributed by atoms with van der Waals surface area (Å²) in [5, 5.41) is 6.19. The van der Waals surface area contributed by atoms with Crippen LogP contribution in [0.4, 0.5) is 38.0 Å². The number of piperidine rings is 1. The Morgan fingerprint density at radius 3 is 2.22 bits per heavy atom. The number of carbonyl (C=O) groups excluding carboxylic acids is 3. The van der Waals surface area contributed by atoms with Crippen LogP contribution in [-0.4, -0.2) is 94.0 Å². The number of imide groups is 1. The van der Waals surface area contributed by atoms with E-state index < -0.39 is 11.8 Å². The first kappa shape index (κ1) is 36.5. The first-order valence-corrected chi connectivity index (χ1v) is 19.4. The lowest BCUT2D eigenvalue weighted by Gasteiger charge is -2.44. The SMILES string of the molecule is CC(=O)c1c(C)c2cnc(Nc3ccc(N4CCC(N5CCN(c6ccc(N7CCC(=O)NC7=O)c(F)c6C)CC5)CC4)cn3)nc2n(C2CCCC2)c1=O. The molecule has 4 aromatic rings. The van der Waals surface area contributed by atoms with Gasteiger partial charge in [0.05, 0.1) is 23.1 Å². The van der Waals surface area contributed by atoms with Gasteiger partial charge in [-0.15, -0.1) is 0 Å². The standard InChI is InChI=1S/C40H47FN10O4/c1-24-30-23-43-39(46-37(30)51(28-6-4-5-7-28)38(54)35(24)26(3)52)44-33-11-8-29(22-42-33)47-15-12-27(13-16-47)48-18-20-49(21-19-48)31-9-10-32(36(41)25(31)2)50-17-14-34(53)45-40(50)55/h8-11,22-23,27-28H,4-7,12-21H2,1-3H3,(H,45,53,55)(H,42,43,44,46). The lowest BCUT2D eigenvalue weighted by atomic mass is 10.0. The summed E-state index contributed by atoms with van der Waals surface area (Å²) >= 11 is 0. The van der Waals surface area contributed by atoms with Gasteiger partial charge in [0.2, 0.25) is 11.9 Å². The summed E-state index contributed by atoms with van der Waals surface area (Å²) in [6, 6.07) is 7.39. The molecule has 0 spiro atoms. The van der Waals surface area contributed by atoms with Crippen molar-refractivity contribution in [3.05, 3.63) is 69.5 Å². The maximum Gasteiger partial charge on any atom is 0.328 e. The highest BCUT2D eigenvalue weighted by Gasteiger charge is 2.31. The van der Waals surface area contributed by atoms with Crippen molar-refractivity contribution in [3.63, 3.8) is 0 Å². The number of carbonyl (C=O) groups is 3. The fourth-order valence-corrected chi connectivity index (χ4v) is 8.89. The molecule has 0 atom stereocenters. The van der Waals surface area contributed by atoms with E-state index in [0.717, 1.165) is 89.2 Å². The molecule has 1 aromatic carbocycles. The van der Waals surface area contributed by atoms with Gasteiger partial charge >= 0.3 is 6.03 Å². The predicted octanol–water partition coefficient (Wildman–Crippen LogP) is 5.24. The summed E-state index contributed by atoms with van der Waals surface area (Å²) in [5.74, 6) is -0.0719. The minimum atomic E-state index is -0.588. The predicted molar refractivity (Wildman–Crippen MR) is 209 cm³/mol. The van der Waals surface area contributed by atoms with Crippen molar-refractivity contribution in [2.45, 2.75) is 77.8 Å². The van der Waals surface area contributed by atoms with Crippen molar-refractivity contribution >= 4 is 57.6 Å². The number of hydrogen-bond acceptors (Lipinski definition) is 11. The van der Waals surface area contributed by atoms with Crippen molar-refractivity contribution in [1.82, 2.24) is 29.7 Å². The summed E-state index contributed by atoms with van der Waals surface area (Å²) in [5.41, 5.74) is 3.69. The van der Waals surface area contributed by atoms with Crippen LogP contribution in [0.5, 0.6) is 0 Å². The molecule has 0 bridgehead atoms. The molecule has 14 nitrogen and oxygen atoms in total. The molecule has 0 unspecified atom stereocenters. The van der Waals surface area contributed by atoms with Gasteiger partial charge in [0.15, 0.2) is 11.6 Å². The van der Waals surface area contributed by atoms with Crippen LogP contribution in [0.1, 0.15) is 79.4 Å². The second-order valence-corrected chi connectivity index (χ2v) is 15.2. The van der Waals surface area contributed by atoms with E-state index in [9.17, 15) is 19.2 Å². The Morgan fingerprint density at radius 2 is 1.55 bits per heavy atom. The molecule has 3 aromatic heterocycles. The van der Waals surface area contributed by atoms with Crippen LogP contribution < -0.4 is 30.9 Å². The molecule has 15 heteroatoms. The average Bonchev–Trinajstić information content (AvgIpc) is 3.71. The summed E-state index contributed by atoms with van der Waals surface area (Å²) in [4.78, 5) is 72.3. The van der Waals surface area contributed by atoms with E-state index in [1.807, 2.05) is 18.3 Å². The highest BCUT2D eigenvalue weighted by molar-refractivity contribution is 6.05. The van der Waals surface area contributed by atoms with Crippen LogP contribution in [0.25, 0.3) is 11.0 Å². The van der Waals surface area contributed by atoms with E-state index in [1.54, 1.807) is 30.7 Å². The molecule has 4 fully saturated rings. The lowest BCUT2D eigenvalue weighted by Crippen LogP contribution is -2.53. The Kier molecular flexibility index (Phi) is 9.97. The molecule has 4 aliphatic rings. The third kappa shape index (κ3) is 7.01. The number of rotatable bonds is 8. The Morgan fingerprint density at radius 1 is 0.818 bits per heavy atom. The maximum absolute atomic E-state index is 15.5. The van der Waals surface area contributed by atoms with Gasteiger partial charge in [-0.2, -0.15) is 4.98 Å². The van der Waals surface area contributed by atoms with Crippen LogP contribution >= 0.6 is 0 Å². The first-order chi connectivity index (χ1) is 26.6. The van der Waals surface area contributed by atoms with E-state index in [0.29, 0.717) is 40.0 Å². The van der Waals surface area contributed by atoms with Gasteiger partial charge in [-0.25, -0.2) is 19.2 Å². The highest BCUT2D eigenvalue weighted by atomic mass is 19.1. The fourth-order valence-electron chi connectivity index (χ4n) is 8.89. The zero-order valence-corrected chi connectivity index (χ0v) is 31.6. The maximum atomic E-state index is 15.5. The number of pyridine rings is 2. The second kappa shape index (κ2) is 15.0. The molecular formula is C40H47FN10O4. The smallest absolute Gasteiger partial charge is 0.328 e. The molecule has 6 heterocycles. The molecule has 3 saturated heterocycles. The van der Waals surface area contributed by atoms with Gasteiger partial charge in [0.25, 0.3) is 5.56 Å². The van der Waals surface area contributed by atoms with Gasteiger partial charge in [-0.1, -0.05) is 12.8 Å². The zero-order chi connectivity index (χ0) is 38.4. The van der Waals surface area contributed by atoms with Gasteiger partial charge in [-0.3, -0.25) is 34.1 Å². The monoisotopic (exact) mass is 750 g/mol. The average molecular weight is 751 g/mol. The Balaban J connectivity index is 0.870. The minimum Gasteiger partial charge on any atom is -0.370 e. The number of halogens is 1.